The molecule has 0 aromatic carbocycles. The third kappa shape index (κ3) is 2.97. The molecule has 1 amide bonds. The minimum Gasteiger partial charge on any atom is -0.349 e. The van der Waals surface area contributed by atoms with Crippen molar-refractivity contribution in [3.05, 3.63) is 22.8 Å². The summed E-state index contributed by atoms with van der Waals surface area (Å²) in [7, 11) is 1.89. The predicted molar refractivity (Wildman–Crippen MR) is 71.0 cm³/mol. The van der Waals surface area contributed by atoms with Crippen molar-refractivity contribution < 1.29 is 4.79 Å². The summed E-state index contributed by atoms with van der Waals surface area (Å²) in [5.74, 6) is 0.989. The highest BCUT2D eigenvalue weighted by molar-refractivity contribution is 9.10. The van der Waals surface area contributed by atoms with Crippen LogP contribution in [0.3, 0.4) is 0 Å². The van der Waals surface area contributed by atoms with Gasteiger partial charge in [0.05, 0.1) is 11.0 Å². The number of rotatable bonds is 3. The van der Waals surface area contributed by atoms with Gasteiger partial charge in [0.15, 0.2) is 0 Å². The van der Waals surface area contributed by atoms with Crippen LogP contribution in [0.5, 0.6) is 0 Å². The number of likely N-dealkylation sites (N-methyl/N-ethyl adjacent to an activating group) is 1. The largest absolute Gasteiger partial charge is 0.349 e. The fourth-order valence-corrected chi connectivity index (χ4v) is 2.56. The summed E-state index contributed by atoms with van der Waals surface area (Å²) >= 11 is 3.44. The van der Waals surface area contributed by atoms with E-state index in [9.17, 15) is 4.79 Å². The van der Waals surface area contributed by atoms with E-state index in [4.69, 9.17) is 0 Å². The summed E-state index contributed by atoms with van der Waals surface area (Å²) in [6.45, 7) is 2.18. The van der Waals surface area contributed by atoms with Gasteiger partial charge in [-0.05, 0) is 40.9 Å². The second-order valence-corrected chi connectivity index (χ2v) is 5.11. The molecule has 5 heteroatoms. The van der Waals surface area contributed by atoms with Gasteiger partial charge < -0.3 is 9.80 Å². The SMILES string of the molecule is CN(CC(=O)N1CCCC1)c1ncccc1Br. The van der Waals surface area contributed by atoms with E-state index in [2.05, 4.69) is 20.9 Å². The maximum Gasteiger partial charge on any atom is 0.242 e. The molecule has 0 aliphatic carbocycles. The first kappa shape index (κ1) is 12.4. The molecule has 1 aliphatic heterocycles. The molecule has 17 heavy (non-hydrogen) atoms. The summed E-state index contributed by atoms with van der Waals surface area (Å²) in [5.41, 5.74) is 0. The number of aromatic nitrogens is 1. The monoisotopic (exact) mass is 297 g/mol. The van der Waals surface area contributed by atoms with Crippen molar-refractivity contribution in [1.82, 2.24) is 9.88 Å². The van der Waals surface area contributed by atoms with Gasteiger partial charge in [-0.2, -0.15) is 0 Å². The van der Waals surface area contributed by atoms with Gasteiger partial charge >= 0.3 is 0 Å². The van der Waals surface area contributed by atoms with Crippen molar-refractivity contribution >= 4 is 27.7 Å². The molecule has 1 aromatic rings. The van der Waals surface area contributed by atoms with Crippen molar-refractivity contribution in [1.29, 1.82) is 0 Å². The molecule has 1 aliphatic rings. The molecular weight excluding hydrogens is 282 g/mol. The van der Waals surface area contributed by atoms with Crippen LogP contribution in [0.25, 0.3) is 0 Å². The van der Waals surface area contributed by atoms with Gasteiger partial charge in [-0.1, -0.05) is 0 Å². The number of hydrogen-bond acceptors (Lipinski definition) is 3. The highest BCUT2D eigenvalue weighted by Gasteiger charge is 2.20. The van der Waals surface area contributed by atoms with E-state index in [1.54, 1.807) is 6.20 Å². The number of likely N-dealkylation sites (tertiary alicyclic amines) is 1. The smallest absolute Gasteiger partial charge is 0.242 e. The Balaban J connectivity index is 1.99. The van der Waals surface area contributed by atoms with E-state index in [0.29, 0.717) is 6.54 Å². The first-order valence-electron chi connectivity index (χ1n) is 5.78. The Morgan fingerprint density at radius 1 is 1.53 bits per heavy atom. The average Bonchev–Trinajstić information content (AvgIpc) is 2.82. The maximum absolute atomic E-state index is 12.0. The quantitative estimate of drug-likeness (QED) is 0.855. The Labute approximate surface area is 110 Å². The van der Waals surface area contributed by atoms with Crippen LogP contribution in [0.15, 0.2) is 22.8 Å². The minimum absolute atomic E-state index is 0.183. The van der Waals surface area contributed by atoms with Gasteiger partial charge in [0.25, 0.3) is 0 Å². The highest BCUT2D eigenvalue weighted by Crippen LogP contribution is 2.21. The van der Waals surface area contributed by atoms with Crippen molar-refractivity contribution in [2.75, 3.05) is 31.6 Å². The lowest BCUT2D eigenvalue weighted by atomic mass is 10.4. The maximum atomic E-state index is 12.0. The zero-order chi connectivity index (χ0) is 12.3. The molecule has 0 radical (unpaired) electrons. The van der Waals surface area contributed by atoms with Crippen LogP contribution < -0.4 is 4.90 Å². The number of anilines is 1. The first-order valence-corrected chi connectivity index (χ1v) is 6.57. The Morgan fingerprint density at radius 3 is 2.88 bits per heavy atom. The Morgan fingerprint density at radius 2 is 2.24 bits per heavy atom. The van der Waals surface area contributed by atoms with Crippen LogP contribution in [-0.2, 0) is 4.79 Å². The molecule has 1 saturated heterocycles. The molecular formula is C12H16BrN3O. The Hall–Kier alpha value is -1.10. The summed E-state index contributed by atoms with van der Waals surface area (Å²) < 4.78 is 0.914. The first-order chi connectivity index (χ1) is 8.18. The van der Waals surface area contributed by atoms with Gasteiger partial charge in [0, 0.05) is 26.3 Å². The topological polar surface area (TPSA) is 36.4 Å². The number of amides is 1. The van der Waals surface area contributed by atoms with Gasteiger partial charge in [-0.3, -0.25) is 4.79 Å². The number of hydrogen-bond donors (Lipinski definition) is 0. The van der Waals surface area contributed by atoms with E-state index in [0.717, 1.165) is 36.2 Å². The zero-order valence-corrected chi connectivity index (χ0v) is 11.5. The average molecular weight is 298 g/mol. The molecule has 2 heterocycles. The molecule has 1 fully saturated rings. The van der Waals surface area contributed by atoms with Crippen LogP contribution in [0.2, 0.25) is 0 Å². The summed E-state index contributed by atoms with van der Waals surface area (Å²) in [4.78, 5) is 20.1. The summed E-state index contributed by atoms with van der Waals surface area (Å²) in [6.07, 6.45) is 3.99. The van der Waals surface area contributed by atoms with Crippen LogP contribution in [0, 0.1) is 0 Å². The van der Waals surface area contributed by atoms with Crippen LogP contribution >= 0.6 is 15.9 Å². The van der Waals surface area contributed by atoms with Crippen LogP contribution in [0.1, 0.15) is 12.8 Å². The Kier molecular flexibility index (Phi) is 3.99. The standard InChI is InChI=1S/C12H16BrN3O/c1-15(12-10(13)5-4-6-14-12)9-11(17)16-7-2-3-8-16/h4-6H,2-3,7-9H2,1H3. The molecule has 1 aromatic heterocycles. The second-order valence-electron chi connectivity index (χ2n) is 4.25. The number of carbonyl (C=O) groups excluding carboxylic acids is 1. The molecule has 0 N–H and O–H groups in total. The fraction of sp³-hybridized carbons (Fsp3) is 0.500. The molecule has 0 bridgehead atoms. The molecule has 0 saturated carbocycles. The second kappa shape index (κ2) is 5.49. The lowest BCUT2D eigenvalue weighted by Crippen LogP contribution is -2.37. The lowest BCUT2D eigenvalue weighted by Gasteiger charge is -2.22. The molecule has 4 nitrogen and oxygen atoms in total. The lowest BCUT2D eigenvalue weighted by molar-refractivity contribution is -0.128. The van der Waals surface area contributed by atoms with Crippen molar-refractivity contribution in [2.24, 2.45) is 0 Å². The number of nitrogens with zero attached hydrogens (tertiary/aromatic N) is 3. The number of halogens is 1. The third-order valence-corrected chi connectivity index (χ3v) is 3.55. The molecule has 92 valence electrons. The van der Waals surface area contributed by atoms with Gasteiger partial charge in [-0.15, -0.1) is 0 Å². The normalized spacial score (nSPS) is 15.1. The number of carbonyl (C=O) groups is 1. The van der Waals surface area contributed by atoms with Crippen molar-refractivity contribution in [2.45, 2.75) is 12.8 Å². The van der Waals surface area contributed by atoms with E-state index in [-0.39, 0.29) is 5.91 Å². The molecule has 2 rings (SSSR count). The van der Waals surface area contributed by atoms with E-state index < -0.39 is 0 Å². The molecule has 0 spiro atoms. The highest BCUT2D eigenvalue weighted by atomic mass is 79.9. The van der Waals surface area contributed by atoms with Gasteiger partial charge in [-0.25, -0.2) is 4.98 Å². The third-order valence-electron chi connectivity index (χ3n) is 2.93. The van der Waals surface area contributed by atoms with E-state index >= 15 is 0 Å². The van der Waals surface area contributed by atoms with Gasteiger partial charge in [0.1, 0.15) is 5.82 Å². The van der Waals surface area contributed by atoms with Crippen LogP contribution in [0.4, 0.5) is 5.82 Å². The van der Waals surface area contributed by atoms with Crippen molar-refractivity contribution in [3.8, 4) is 0 Å². The van der Waals surface area contributed by atoms with Crippen LogP contribution in [-0.4, -0.2) is 42.5 Å². The van der Waals surface area contributed by atoms with E-state index in [1.165, 1.54) is 0 Å². The van der Waals surface area contributed by atoms with E-state index in [1.807, 2.05) is 29.0 Å². The summed E-state index contributed by atoms with van der Waals surface area (Å²) in [6, 6.07) is 3.79. The fourth-order valence-electron chi connectivity index (χ4n) is 2.00. The Bertz CT molecular complexity index is 404. The minimum atomic E-state index is 0.183. The predicted octanol–water partition coefficient (Wildman–Crippen LogP) is 1.90. The van der Waals surface area contributed by atoms with Crippen molar-refractivity contribution in [3.63, 3.8) is 0 Å². The molecule has 0 atom stereocenters. The zero-order valence-electron chi connectivity index (χ0n) is 9.90. The van der Waals surface area contributed by atoms with Gasteiger partial charge in [0.2, 0.25) is 5.91 Å². The molecule has 0 unspecified atom stereocenters. The number of pyridine rings is 1. The summed E-state index contributed by atoms with van der Waals surface area (Å²) in [5, 5.41) is 0.